The van der Waals surface area contributed by atoms with Gasteiger partial charge in [0.05, 0.1) is 15.7 Å². The first-order valence-electron chi connectivity index (χ1n) is 5.87. The first-order chi connectivity index (χ1) is 9.86. The van der Waals surface area contributed by atoms with Crippen LogP contribution >= 0.6 is 23.2 Å². The van der Waals surface area contributed by atoms with Crippen LogP contribution in [0.1, 0.15) is 5.69 Å². The Labute approximate surface area is 127 Å². The molecule has 2 heterocycles. The molecule has 0 atom stereocenters. The van der Waals surface area contributed by atoms with Crippen LogP contribution in [-0.2, 0) is 6.18 Å². The Morgan fingerprint density at radius 2 is 1.76 bits per heavy atom. The fourth-order valence-electron chi connectivity index (χ4n) is 2.04. The lowest BCUT2D eigenvalue weighted by Crippen LogP contribution is -2.10. The van der Waals surface area contributed by atoms with E-state index in [1.54, 1.807) is 18.2 Å². The standard InChI is InChI=1S/C14H7Cl2F3N2/c15-9-5-4-8(6-10(9)16)11-7-21-12(14(17,18)19)2-1-3-13(21)20-11/h1-7H. The summed E-state index contributed by atoms with van der Waals surface area (Å²) in [7, 11) is 0. The molecule has 0 aliphatic carbocycles. The van der Waals surface area contributed by atoms with Crippen molar-refractivity contribution in [3.05, 3.63) is 58.3 Å². The third-order valence-electron chi connectivity index (χ3n) is 3.00. The molecular formula is C14H7Cl2F3N2. The van der Waals surface area contributed by atoms with Gasteiger partial charge in [-0.25, -0.2) is 4.98 Å². The zero-order valence-corrected chi connectivity index (χ0v) is 11.8. The van der Waals surface area contributed by atoms with Gasteiger partial charge in [0.15, 0.2) is 0 Å². The first kappa shape index (κ1) is 14.2. The second-order valence-electron chi connectivity index (χ2n) is 4.39. The molecule has 0 N–H and O–H groups in total. The van der Waals surface area contributed by atoms with E-state index in [4.69, 9.17) is 23.2 Å². The molecule has 0 bridgehead atoms. The maximum absolute atomic E-state index is 13.0. The molecule has 3 rings (SSSR count). The number of hydrogen-bond donors (Lipinski definition) is 0. The van der Waals surface area contributed by atoms with E-state index in [2.05, 4.69) is 4.98 Å². The van der Waals surface area contributed by atoms with E-state index in [0.29, 0.717) is 21.3 Å². The summed E-state index contributed by atoms with van der Waals surface area (Å²) in [6.45, 7) is 0. The van der Waals surface area contributed by atoms with E-state index < -0.39 is 11.9 Å². The first-order valence-corrected chi connectivity index (χ1v) is 6.62. The average molecular weight is 331 g/mol. The number of aromatic nitrogens is 2. The number of alkyl halides is 3. The highest BCUT2D eigenvalue weighted by Gasteiger charge is 2.33. The third kappa shape index (κ3) is 2.59. The molecule has 21 heavy (non-hydrogen) atoms. The van der Waals surface area contributed by atoms with Crippen LogP contribution in [0, 0.1) is 0 Å². The Morgan fingerprint density at radius 3 is 2.43 bits per heavy atom. The number of hydrogen-bond acceptors (Lipinski definition) is 1. The van der Waals surface area contributed by atoms with Crippen LogP contribution < -0.4 is 0 Å². The Balaban J connectivity index is 2.19. The molecule has 0 amide bonds. The molecule has 0 aliphatic rings. The van der Waals surface area contributed by atoms with E-state index in [-0.39, 0.29) is 5.65 Å². The van der Waals surface area contributed by atoms with Gasteiger partial charge in [-0.1, -0.05) is 35.3 Å². The monoisotopic (exact) mass is 330 g/mol. The van der Waals surface area contributed by atoms with Crippen molar-refractivity contribution in [1.82, 2.24) is 9.38 Å². The van der Waals surface area contributed by atoms with E-state index in [0.717, 1.165) is 10.5 Å². The fraction of sp³-hybridized carbons (Fsp3) is 0.0714. The summed E-state index contributed by atoms with van der Waals surface area (Å²) in [6, 6.07) is 8.64. The predicted octanol–water partition coefficient (Wildman–Crippen LogP) is 5.33. The minimum atomic E-state index is -4.45. The number of imidazole rings is 1. The number of rotatable bonds is 1. The molecule has 0 aliphatic heterocycles. The van der Waals surface area contributed by atoms with Gasteiger partial charge in [0, 0.05) is 11.8 Å². The van der Waals surface area contributed by atoms with Crippen molar-refractivity contribution in [3.8, 4) is 11.3 Å². The average Bonchev–Trinajstić information content (AvgIpc) is 2.84. The fourth-order valence-corrected chi connectivity index (χ4v) is 2.33. The van der Waals surface area contributed by atoms with E-state index >= 15 is 0 Å². The van der Waals surface area contributed by atoms with Crippen molar-refractivity contribution < 1.29 is 13.2 Å². The number of nitrogens with zero attached hydrogens (tertiary/aromatic N) is 2. The van der Waals surface area contributed by atoms with Gasteiger partial charge in [-0.3, -0.25) is 4.40 Å². The highest BCUT2D eigenvalue weighted by molar-refractivity contribution is 6.42. The van der Waals surface area contributed by atoms with E-state index in [1.165, 1.54) is 18.3 Å². The van der Waals surface area contributed by atoms with Crippen LogP contribution in [0.3, 0.4) is 0 Å². The van der Waals surface area contributed by atoms with Gasteiger partial charge in [0.1, 0.15) is 11.3 Å². The highest BCUT2D eigenvalue weighted by Crippen LogP contribution is 2.32. The van der Waals surface area contributed by atoms with Crippen LogP contribution in [0.25, 0.3) is 16.9 Å². The van der Waals surface area contributed by atoms with Gasteiger partial charge >= 0.3 is 6.18 Å². The third-order valence-corrected chi connectivity index (χ3v) is 3.74. The van der Waals surface area contributed by atoms with Crippen LogP contribution in [0.5, 0.6) is 0 Å². The number of halogens is 5. The molecule has 1 aromatic carbocycles. The van der Waals surface area contributed by atoms with Gasteiger partial charge in [-0.05, 0) is 24.3 Å². The maximum atomic E-state index is 13.0. The highest BCUT2D eigenvalue weighted by atomic mass is 35.5. The Hall–Kier alpha value is -1.72. The normalized spacial score (nSPS) is 12.0. The molecule has 108 valence electrons. The minimum Gasteiger partial charge on any atom is -0.295 e. The maximum Gasteiger partial charge on any atom is 0.431 e. The Kier molecular flexibility index (Phi) is 3.34. The number of benzene rings is 1. The molecule has 0 unspecified atom stereocenters. The number of fused-ring (bicyclic) bond motifs is 1. The number of pyridine rings is 1. The van der Waals surface area contributed by atoms with Crippen molar-refractivity contribution in [2.75, 3.05) is 0 Å². The second-order valence-corrected chi connectivity index (χ2v) is 5.21. The summed E-state index contributed by atoms with van der Waals surface area (Å²) in [6.07, 6.45) is -3.12. The zero-order valence-electron chi connectivity index (χ0n) is 10.3. The zero-order chi connectivity index (χ0) is 15.2. The molecule has 0 spiro atoms. The van der Waals surface area contributed by atoms with Crippen LogP contribution in [0.15, 0.2) is 42.6 Å². The molecule has 3 aromatic rings. The van der Waals surface area contributed by atoms with E-state index in [1.807, 2.05) is 0 Å². The molecular weight excluding hydrogens is 324 g/mol. The lowest BCUT2D eigenvalue weighted by Gasteiger charge is -2.08. The predicted molar refractivity (Wildman–Crippen MR) is 75.7 cm³/mol. The lowest BCUT2D eigenvalue weighted by atomic mass is 10.2. The largest absolute Gasteiger partial charge is 0.431 e. The van der Waals surface area contributed by atoms with Crippen molar-refractivity contribution in [1.29, 1.82) is 0 Å². The van der Waals surface area contributed by atoms with Crippen molar-refractivity contribution in [2.45, 2.75) is 6.18 Å². The summed E-state index contributed by atoms with van der Waals surface area (Å²) in [5.41, 5.74) is 0.427. The molecule has 0 fully saturated rings. The summed E-state index contributed by atoms with van der Waals surface area (Å²) in [5, 5.41) is 0.697. The second kappa shape index (κ2) is 4.93. The summed E-state index contributed by atoms with van der Waals surface area (Å²) < 4.78 is 39.9. The molecule has 7 heteroatoms. The van der Waals surface area contributed by atoms with Gasteiger partial charge in [0.25, 0.3) is 0 Å². The van der Waals surface area contributed by atoms with Gasteiger partial charge in [-0.15, -0.1) is 0 Å². The SMILES string of the molecule is FC(F)(F)c1cccc2nc(-c3ccc(Cl)c(Cl)c3)cn12. The molecule has 0 radical (unpaired) electrons. The Bertz CT molecular complexity index is 825. The summed E-state index contributed by atoms with van der Waals surface area (Å²) in [4.78, 5) is 4.19. The smallest absolute Gasteiger partial charge is 0.295 e. The van der Waals surface area contributed by atoms with Crippen molar-refractivity contribution in [2.24, 2.45) is 0 Å². The topological polar surface area (TPSA) is 17.3 Å². The summed E-state index contributed by atoms with van der Waals surface area (Å²) >= 11 is 11.7. The Morgan fingerprint density at radius 1 is 1.00 bits per heavy atom. The van der Waals surface area contributed by atoms with Gasteiger partial charge < -0.3 is 0 Å². The van der Waals surface area contributed by atoms with Crippen LogP contribution in [-0.4, -0.2) is 9.38 Å². The summed E-state index contributed by atoms with van der Waals surface area (Å²) in [5.74, 6) is 0. The quantitative estimate of drug-likeness (QED) is 0.589. The van der Waals surface area contributed by atoms with Gasteiger partial charge in [-0.2, -0.15) is 13.2 Å². The molecule has 0 saturated heterocycles. The van der Waals surface area contributed by atoms with Crippen molar-refractivity contribution in [3.63, 3.8) is 0 Å². The van der Waals surface area contributed by atoms with Crippen LogP contribution in [0.2, 0.25) is 10.0 Å². The molecule has 0 saturated carbocycles. The van der Waals surface area contributed by atoms with Gasteiger partial charge in [0.2, 0.25) is 0 Å². The minimum absolute atomic E-state index is 0.214. The van der Waals surface area contributed by atoms with E-state index in [9.17, 15) is 13.2 Å². The molecule has 2 aromatic heterocycles. The van der Waals surface area contributed by atoms with Crippen LogP contribution in [0.4, 0.5) is 13.2 Å². The molecule has 2 nitrogen and oxygen atoms in total. The lowest BCUT2D eigenvalue weighted by molar-refractivity contribution is -0.142. The van der Waals surface area contributed by atoms with Crippen molar-refractivity contribution >= 4 is 28.8 Å².